The minimum Gasteiger partial charge on any atom is -0.422 e. The van der Waals surface area contributed by atoms with Crippen LogP contribution in [0.3, 0.4) is 0 Å². The molecule has 0 spiro atoms. The molecule has 0 fully saturated rings. The van der Waals surface area contributed by atoms with Gasteiger partial charge in [0, 0.05) is 27.5 Å². The van der Waals surface area contributed by atoms with Gasteiger partial charge in [0.05, 0.1) is 17.3 Å². The predicted octanol–water partition coefficient (Wildman–Crippen LogP) is 4.48. The van der Waals surface area contributed by atoms with Crippen molar-refractivity contribution in [2.45, 2.75) is 0 Å². The highest BCUT2D eigenvalue weighted by Gasteiger charge is 2.12. The molecule has 3 rings (SSSR count). The summed E-state index contributed by atoms with van der Waals surface area (Å²) in [6, 6.07) is 14.7. The Kier molecular flexibility index (Phi) is 6.52. The van der Waals surface area contributed by atoms with Crippen LogP contribution < -0.4 is 10.2 Å². The zero-order chi connectivity index (χ0) is 19.9. The zero-order valence-corrected chi connectivity index (χ0v) is 16.6. The van der Waals surface area contributed by atoms with Crippen molar-refractivity contribution < 1.29 is 14.3 Å². The molecule has 0 unspecified atom stereocenters. The first-order chi connectivity index (χ1) is 13.5. The fourth-order valence-corrected chi connectivity index (χ4v) is 2.68. The van der Waals surface area contributed by atoms with Crippen LogP contribution in [0.15, 0.2) is 76.6 Å². The molecule has 28 heavy (non-hydrogen) atoms. The number of hydrazone groups is 1. The molecule has 0 atom stereocenters. The minimum atomic E-state index is -0.534. The molecule has 0 bridgehead atoms. The number of hydrogen-bond donors (Lipinski definition) is 1. The van der Waals surface area contributed by atoms with E-state index in [2.05, 4.69) is 31.4 Å². The lowest BCUT2D eigenvalue weighted by Crippen LogP contribution is -2.17. The third kappa shape index (κ3) is 5.25. The molecule has 6 nitrogen and oxygen atoms in total. The highest BCUT2D eigenvalue weighted by Crippen LogP contribution is 2.23. The van der Waals surface area contributed by atoms with Crippen LogP contribution in [-0.2, 0) is 0 Å². The van der Waals surface area contributed by atoms with Gasteiger partial charge >= 0.3 is 5.97 Å². The largest absolute Gasteiger partial charge is 0.422 e. The number of pyridine rings is 1. The Balaban J connectivity index is 1.74. The van der Waals surface area contributed by atoms with E-state index < -0.39 is 11.9 Å². The summed E-state index contributed by atoms with van der Waals surface area (Å²) in [5.41, 5.74) is 3.65. The molecule has 0 saturated carbocycles. The molecule has 2 aromatic carbocycles. The minimum absolute atomic E-state index is 0.294. The SMILES string of the molecule is O=C(NN=Cc1cc(Br)ccc1OC(=O)c1ccc(Cl)cc1)c1cccnc1. The van der Waals surface area contributed by atoms with Gasteiger partial charge in [-0.2, -0.15) is 5.10 Å². The van der Waals surface area contributed by atoms with E-state index in [0.29, 0.717) is 27.5 Å². The molecular weight excluding hydrogens is 446 g/mol. The molecule has 1 amide bonds. The number of rotatable bonds is 5. The molecule has 8 heteroatoms. The lowest BCUT2D eigenvalue weighted by atomic mass is 10.2. The molecule has 0 aliphatic carbocycles. The van der Waals surface area contributed by atoms with Gasteiger partial charge in [0.15, 0.2) is 0 Å². The van der Waals surface area contributed by atoms with Crippen molar-refractivity contribution in [2.24, 2.45) is 5.10 Å². The Morgan fingerprint density at radius 1 is 1.11 bits per heavy atom. The average molecular weight is 459 g/mol. The maximum atomic E-state index is 12.3. The van der Waals surface area contributed by atoms with Gasteiger partial charge in [0.25, 0.3) is 5.91 Å². The Bertz CT molecular complexity index is 1020. The van der Waals surface area contributed by atoms with E-state index in [-0.39, 0.29) is 0 Å². The quantitative estimate of drug-likeness (QED) is 0.264. The number of ether oxygens (including phenoxy) is 1. The van der Waals surface area contributed by atoms with Gasteiger partial charge in [0.1, 0.15) is 5.75 Å². The second-order valence-electron chi connectivity index (χ2n) is 5.52. The summed E-state index contributed by atoms with van der Waals surface area (Å²) >= 11 is 9.19. The maximum absolute atomic E-state index is 12.3. The molecule has 140 valence electrons. The van der Waals surface area contributed by atoms with Crippen LogP contribution in [0.2, 0.25) is 5.02 Å². The molecular formula is C20H13BrClN3O3. The third-order valence-electron chi connectivity index (χ3n) is 3.55. The topological polar surface area (TPSA) is 80.6 Å². The Labute approximate surface area is 174 Å². The second kappa shape index (κ2) is 9.25. The van der Waals surface area contributed by atoms with Crippen molar-refractivity contribution in [1.29, 1.82) is 0 Å². The Morgan fingerprint density at radius 3 is 2.61 bits per heavy atom. The average Bonchev–Trinajstić information content (AvgIpc) is 2.71. The van der Waals surface area contributed by atoms with Crippen LogP contribution >= 0.6 is 27.5 Å². The summed E-state index contributed by atoms with van der Waals surface area (Å²) < 4.78 is 6.21. The van der Waals surface area contributed by atoms with Crippen molar-refractivity contribution in [3.63, 3.8) is 0 Å². The molecule has 3 aromatic rings. The monoisotopic (exact) mass is 457 g/mol. The van der Waals surface area contributed by atoms with Gasteiger partial charge in [-0.3, -0.25) is 9.78 Å². The number of amides is 1. The van der Waals surface area contributed by atoms with E-state index in [0.717, 1.165) is 4.47 Å². The smallest absolute Gasteiger partial charge is 0.343 e. The Hall–Kier alpha value is -3.03. The van der Waals surface area contributed by atoms with E-state index >= 15 is 0 Å². The molecule has 0 radical (unpaired) electrons. The van der Waals surface area contributed by atoms with E-state index in [1.165, 1.54) is 12.4 Å². The van der Waals surface area contributed by atoms with Gasteiger partial charge < -0.3 is 4.74 Å². The van der Waals surface area contributed by atoms with Gasteiger partial charge in [-0.15, -0.1) is 0 Å². The van der Waals surface area contributed by atoms with Gasteiger partial charge in [-0.05, 0) is 54.6 Å². The highest BCUT2D eigenvalue weighted by atomic mass is 79.9. The van der Waals surface area contributed by atoms with Crippen LogP contribution in [0.4, 0.5) is 0 Å². The number of esters is 1. The Morgan fingerprint density at radius 2 is 1.89 bits per heavy atom. The number of halogens is 2. The maximum Gasteiger partial charge on any atom is 0.343 e. The predicted molar refractivity (Wildman–Crippen MR) is 110 cm³/mol. The third-order valence-corrected chi connectivity index (χ3v) is 4.29. The van der Waals surface area contributed by atoms with E-state index in [4.69, 9.17) is 16.3 Å². The normalized spacial score (nSPS) is 10.6. The second-order valence-corrected chi connectivity index (χ2v) is 6.87. The van der Waals surface area contributed by atoms with Gasteiger partial charge in [-0.25, -0.2) is 10.2 Å². The summed E-state index contributed by atoms with van der Waals surface area (Å²) in [7, 11) is 0. The van der Waals surface area contributed by atoms with Crippen molar-refractivity contribution in [3.05, 3.63) is 93.2 Å². The molecule has 1 aromatic heterocycles. The fourth-order valence-electron chi connectivity index (χ4n) is 2.18. The molecule has 1 heterocycles. The number of carbonyl (C=O) groups is 2. The summed E-state index contributed by atoms with van der Waals surface area (Å²) in [5.74, 6) is -0.644. The van der Waals surface area contributed by atoms with Gasteiger partial charge in [-0.1, -0.05) is 27.5 Å². The van der Waals surface area contributed by atoms with Crippen molar-refractivity contribution in [2.75, 3.05) is 0 Å². The summed E-state index contributed by atoms with van der Waals surface area (Å²) in [4.78, 5) is 28.2. The van der Waals surface area contributed by atoms with Crippen molar-refractivity contribution >= 4 is 45.6 Å². The highest BCUT2D eigenvalue weighted by molar-refractivity contribution is 9.10. The standard InChI is InChI=1S/C20H13BrClN3O3/c21-16-5-8-18(28-20(27)13-3-6-17(22)7-4-13)15(10-16)12-24-25-19(26)14-2-1-9-23-11-14/h1-12H,(H,25,26). The van der Waals surface area contributed by atoms with Gasteiger partial charge in [0.2, 0.25) is 0 Å². The first-order valence-corrected chi connectivity index (χ1v) is 9.21. The number of benzene rings is 2. The lowest BCUT2D eigenvalue weighted by molar-refractivity contribution is 0.0734. The number of aromatic nitrogens is 1. The first kappa shape index (κ1) is 19.7. The van der Waals surface area contributed by atoms with Crippen LogP contribution in [0.1, 0.15) is 26.3 Å². The summed E-state index contributed by atoms with van der Waals surface area (Å²) in [5, 5.41) is 4.45. The zero-order valence-electron chi connectivity index (χ0n) is 14.3. The number of carbonyl (C=O) groups excluding carboxylic acids is 2. The van der Waals surface area contributed by atoms with Crippen LogP contribution in [-0.4, -0.2) is 23.1 Å². The van der Waals surface area contributed by atoms with Crippen LogP contribution in [0, 0.1) is 0 Å². The molecule has 0 aliphatic rings. The van der Waals surface area contributed by atoms with E-state index in [9.17, 15) is 9.59 Å². The van der Waals surface area contributed by atoms with Crippen molar-refractivity contribution in [1.82, 2.24) is 10.4 Å². The lowest BCUT2D eigenvalue weighted by Gasteiger charge is -2.08. The first-order valence-electron chi connectivity index (χ1n) is 8.03. The molecule has 0 saturated heterocycles. The van der Waals surface area contributed by atoms with Crippen LogP contribution in [0.5, 0.6) is 5.75 Å². The molecule has 0 aliphatic heterocycles. The number of hydrogen-bond acceptors (Lipinski definition) is 5. The van der Waals surface area contributed by atoms with Crippen molar-refractivity contribution in [3.8, 4) is 5.75 Å². The molecule has 1 N–H and O–H groups in total. The van der Waals surface area contributed by atoms with Crippen LogP contribution in [0.25, 0.3) is 0 Å². The van der Waals surface area contributed by atoms with E-state index in [1.807, 2.05) is 0 Å². The summed E-state index contributed by atoms with van der Waals surface area (Å²) in [6.07, 6.45) is 4.40. The fraction of sp³-hybridized carbons (Fsp3) is 0. The summed E-state index contributed by atoms with van der Waals surface area (Å²) in [6.45, 7) is 0. The van der Waals surface area contributed by atoms with E-state index in [1.54, 1.807) is 60.8 Å². The number of nitrogens with one attached hydrogen (secondary N) is 1. The number of nitrogens with zero attached hydrogens (tertiary/aromatic N) is 2.